The van der Waals surface area contributed by atoms with Gasteiger partial charge in [0.25, 0.3) is 5.91 Å². The van der Waals surface area contributed by atoms with Crippen molar-refractivity contribution >= 4 is 11.6 Å². The topological polar surface area (TPSA) is 41.1 Å². The first-order valence-corrected chi connectivity index (χ1v) is 7.17. The maximum atomic E-state index is 12.3. The molecule has 1 amide bonds. The van der Waals surface area contributed by atoms with E-state index in [2.05, 4.69) is 17.6 Å². The molecule has 0 aromatic heterocycles. The maximum absolute atomic E-state index is 12.3. The Kier molecular flexibility index (Phi) is 4.76. The van der Waals surface area contributed by atoms with Crippen LogP contribution < -0.4 is 10.6 Å². The Morgan fingerprint density at radius 2 is 1.71 bits per heavy atom. The summed E-state index contributed by atoms with van der Waals surface area (Å²) in [6, 6.07) is 14.0. The first-order chi connectivity index (χ1) is 10.0. The van der Waals surface area contributed by atoms with Crippen LogP contribution in [0.4, 0.5) is 5.69 Å². The van der Waals surface area contributed by atoms with Crippen LogP contribution in [0.1, 0.15) is 40.0 Å². The van der Waals surface area contributed by atoms with E-state index < -0.39 is 0 Å². The molecule has 1 unspecified atom stereocenters. The Labute approximate surface area is 126 Å². The molecule has 0 aliphatic carbocycles. The van der Waals surface area contributed by atoms with E-state index in [-0.39, 0.29) is 5.91 Å². The molecule has 1 atom stereocenters. The summed E-state index contributed by atoms with van der Waals surface area (Å²) in [6.45, 7) is 6.09. The van der Waals surface area contributed by atoms with E-state index >= 15 is 0 Å². The molecule has 2 rings (SSSR count). The van der Waals surface area contributed by atoms with Gasteiger partial charge in [0.1, 0.15) is 0 Å². The summed E-state index contributed by atoms with van der Waals surface area (Å²) in [5, 5.41) is 6.14. The number of rotatable bonds is 4. The molecule has 0 saturated carbocycles. The van der Waals surface area contributed by atoms with Crippen molar-refractivity contribution in [2.24, 2.45) is 0 Å². The maximum Gasteiger partial charge on any atom is 0.255 e. The van der Waals surface area contributed by atoms with Crippen molar-refractivity contribution in [3.63, 3.8) is 0 Å². The quantitative estimate of drug-likeness (QED) is 0.894. The average Bonchev–Trinajstić information content (AvgIpc) is 2.50. The molecule has 3 heteroatoms. The summed E-state index contributed by atoms with van der Waals surface area (Å²) in [5.74, 6) is -0.0642. The third kappa shape index (κ3) is 3.50. The number of carbonyl (C=O) groups excluding carboxylic acids is 1. The monoisotopic (exact) mass is 282 g/mol. The molecule has 2 N–H and O–H groups in total. The van der Waals surface area contributed by atoms with Gasteiger partial charge < -0.3 is 10.6 Å². The molecule has 0 bridgehead atoms. The fourth-order valence-electron chi connectivity index (χ4n) is 2.22. The Morgan fingerprint density at radius 1 is 1.05 bits per heavy atom. The van der Waals surface area contributed by atoms with Gasteiger partial charge in [-0.3, -0.25) is 4.79 Å². The molecular formula is C18H22N2O. The second-order valence-corrected chi connectivity index (χ2v) is 5.33. The van der Waals surface area contributed by atoms with Gasteiger partial charge in [-0.05, 0) is 62.7 Å². The summed E-state index contributed by atoms with van der Waals surface area (Å²) in [6.07, 6.45) is 0. The predicted molar refractivity (Wildman–Crippen MR) is 87.8 cm³/mol. The Morgan fingerprint density at radius 3 is 2.33 bits per heavy atom. The highest BCUT2D eigenvalue weighted by Crippen LogP contribution is 2.18. The van der Waals surface area contributed by atoms with E-state index in [4.69, 9.17) is 0 Å². The minimum Gasteiger partial charge on any atom is -0.322 e. The van der Waals surface area contributed by atoms with Crippen LogP contribution in [-0.2, 0) is 0 Å². The largest absolute Gasteiger partial charge is 0.322 e. The molecule has 2 aromatic carbocycles. The van der Waals surface area contributed by atoms with Crippen molar-refractivity contribution in [3.8, 4) is 0 Å². The lowest BCUT2D eigenvalue weighted by Gasteiger charge is -2.12. The minimum absolute atomic E-state index is 0.0642. The fraction of sp³-hybridized carbons (Fsp3) is 0.278. The zero-order chi connectivity index (χ0) is 15.4. The predicted octanol–water partition coefficient (Wildman–Crippen LogP) is 3.84. The van der Waals surface area contributed by atoms with Crippen LogP contribution in [-0.4, -0.2) is 13.0 Å². The second kappa shape index (κ2) is 6.55. The highest BCUT2D eigenvalue weighted by Gasteiger charge is 2.10. The molecule has 3 nitrogen and oxygen atoms in total. The molecule has 0 aliphatic rings. The summed E-state index contributed by atoms with van der Waals surface area (Å²) in [7, 11) is 1.93. The number of hydrogen-bond acceptors (Lipinski definition) is 2. The third-order valence-corrected chi connectivity index (χ3v) is 3.95. The molecule has 0 heterocycles. The fourth-order valence-corrected chi connectivity index (χ4v) is 2.22. The molecule has 21 heavy (non-hydrogen) atoms. The van der Waals surface area contributed by atoms with Gasteiger partial charge in [-0.15, -0.1) is 0 Å². The number of nitrogens with one attached hydrogen (secondary N) is 2. The normalized spacial score (nSPS) is 12.0. The smallest absolute Gasteiger partial charge is 0.255 e. The van der Waals surface area contributed by atoms with Crippen LogP contribution in [0, 0.1) is 13.8 Å². The van der Waals surface area contributed by atoms with E-state index in [1.807, 2.05) is 63.4 Å². The van der Waals surface area contributed by atoms with Gasteiger partial charge in [-0.25, -0.2) is 0 Å². The van der Waals surface area contributed by atoms with Gasteiger partial charge in [0, 0.05) is 17.3 Å². The van der Waals surface area contributed by atoms with E-state index in [9.17, 15) is 4.79 Å². The molecule has 0 aliphatic heterocycles. The average molecular weight is 282 g/mol. The van der Waals surface area contributed by atoms with E-state index in [0.29, 0.717) is 6.04 Å². The molecular weight excluding hydrogens is 260 g/mol. The van der Waals surface area contributed by atoms with Crippen molar-refractivity contribution < 1.29 is 4.79 Å². The van der Waals surface area contributed by atoms with E-state index in [0.717, 1.165) is 22.4 Å². The van der Waals surface area contributed by atoms with Gasteiger partial charge in [0.15, 0.2) is 0 Å². The van der Waals surface area contributed by atoms with Crippen LogP contribution in [0.2, 0.25) is 0 Å². The van der Waals surface area contributed by atoms with Crippen molar-refractivity contribution in [3.05, 3.63) is 64.7 Å². The number of hydrogen-bond donors (Lipinski definition) is 2. The summed E-state index contributed by atoms with van der Waals surface area (Å²) in [5.41, 5.74) is 4.88. The van der Waals surface area contributed by atoms with Gasteiger partial charge in [0.05, 0.1) is 0 Å². The molecule has 0 radical (unpaired) electrons. The Balaban J connectivity index is 2.14. The Bertz CT molecular complexity index is 632. The van der Waals surface area contributed by atoms with Gasteiger partial charge in [-0.1, -0.05) is 24.3 Å². The SMILES string of the molecule is CNC(C)c1ccc(NC(=O)c2cccc(C)c2C)cc1. The highest BCUT2D eigenvalue weighted by molar-refractivity contribution is 6.05. The van der Waals surface area contributed by atoms with Crippen molar-refractivity contribution in [1.82, 2.24) is 5.32 Å². The Hall–Kier alpha value is -2.13. The highest BCUT2D eigenvalue weighted by atomic mass is 16.1. The van der Waals surface area contributed by atoms with Gasteiger partial charge in [0.2, 0.25) is 0 Å². The van der Waals surface area contributed by atoms with Crippen molar-refractivity contribution in [1.29, 1.82) is 0 Å². The molecule has 0 fully saturated rings. The van der Waals surface area contributed by atoms with Crippen LogP contribution in [0.15, 0.2) is 42.5 Å². The number of anilines is 1. The standard InChI is InChI=1S/C18H22N2O/c1-12-6-5-7-17(13(12)2)18(21)20-16-10-8-15(9-11-16)14(3)19-4/h5-11,14,19H,1-4H3,(H,20,21). The first kappa shape index (κ1) is 15.3. The van der Waals surface area contributed by atoms with Crippen LogP contribution >= 0.6 is 0 Å². The lowest BCUT2D eigenvalue weighted by Crippen LogP contribution is -2.14. The summed E-state index contributed by atoms with van der Waals surface area (Å²) in [4.78, 5) is 12.3. The van der Waals surface area contributed by atoms with E-state index in [1.54, 1.807) is 0 Å². The van der Waals surface area contributed by atoms with Crippen molar-refractivity contribution in [2.75, 3.05) is 12.4 Å². The second-order valence-electron chi connectivity index (χ2n) is 5.33. The van der Waals surface area contributed by atoms with Gasteiger partial charge >= 0.3 is 0 Å². The lowest BCUT2D eigenvalue weighted by molar-refractivity contribution is 0.102. The number of amides is 1. The zero-order valence-corrected chi connectivity index (χ0v) is 13.0. The van der Waals surface area contributed by atoms with E-state index in [1.165, 1.54) is 5.56 Å². The van der Waals surface area contributed by atoms with Crippen LogP contribution in [0.3, 0.4) is 0 Å². The molecule has 0 spiro atoms. The summed E-state index contributed by atoms with van der Waals surface area (Å²) < 4.78 is 0. The summed E-state index contributed by atoms with van der Waals surface area (Å²) >= 11 is 0. The van der Waals surface area contributed by atoms with Gasteiger partial charge in [-0.2, -0.15) is 0 Å². The first-order valence-electron chi connectivity index (χ1n) is 7.17. The third-order valence-electron chi connectivity index (χ3n) is 3.95. The molecule has 2 aromatic rings. The number of aryl methyl sites for hydroxylation is 1. The minimum atomic E-state index is -0.0642. The van der Waals surface area contributed by atoms with Crippen molar-refractivity contribution in [2.45, 2.75) is 26.8 Å². The number of benzene rings is 2. The number of carbonyl (C=O) groups is 1. The molecule has 110 valence electrons. The van der Waals surface area contributed by atoms with Crippen LogP contribution in [0.25, 0.3) is 0 Å². The zero-order valence-electron chi connectivity index (χ0n) is 13.0. The lowest BCUT2D eigenvalue weighted by atomic mass is 10.0. The molecule has 0 saturated heterocycles. The van der Waals surface area contributed by atoms with Crippen LogP contribution in [0.5, 0.6) is 0 Å².